The lowest BCUT2D eigenvalue weighted by Crippen LogP contribution is -2.39. The molecule has 0 bridgehead atoms. The fourth-order valence-corrected chi connectivity index (χ4v) is 6.88. The zero-order chi connectivity index (χ0) is 14.3. The number of rotatable bonds is 3. The van der Waals surface area contributed by atoms with Crippen LogP contribution in [0.2, 0.25) is 0 Å². The average molecular weight is 314 g/mol. The van der Waals surface area contributed by atoms with Gasteiger partial charge in [-0.2, -0.15) is 4.31 Å². The summed E-state index contributed by atoms with van der Waals surface area (Å²) in [5.74, 6) is 0.575. The van der Waals surface area contributed by atoms with Gasteiger partial charge in [-0.1, -0.05) is 12.8 Å². The second-order valence-electron chi connectivity index (χ2n) is 5.85. The summed E-state index contributed by atoms with van der Waals surface area (Å²) in [7, 11) is -3.34. The smallest absolute Gasteiger partial charge is 0.244 e. The number of hydrogen-bond acceptors (Lipinski definition) is 4. The van der Waals surface area contributed by atoms with Crippen molar-refractivity contribution in [1.82, 2.24) is 4.31 Å². The molecule has 1 aliphatic carbocycles. The number of nitrogens with zero attached hydrogens (tertiary/aromatic N) is 1. The van der Waals surface area contributed by atoms with Gasteiger partial charge in [-0.05, 0) is 38.2 Å². The first kappa shape index (κ1) is 14.5. The highest BCUT2D eigenvalue weighted by Crippen LogP contribution is 2.40. The molecule has 1 saturated carbocycles. The molecule has 2 heterocycles. The molecule has 2 aliphatic rings. The summed E-state index contributed by atoms with van der Waals surface area (Å²) in [5, 5.41) is 0. The van der Waals surface area contributed by atoms with Crippen molar-refractivity contribution in [3.8, 4) is 0 Å². The van der Waals surface area contributed by atoms with Crippen LogP contribution < -0.4 is 5.73 Å². The van der Waals surface area contributed by atoms with Crippen molar-refractivity contribution in [2.45, 2.75) is 56.5 Å². The summed E-state index contributed by atoms with van der Waals surface area (Å²) in [6.07, 6.45) is 5.65. The maximum Gasteiger partial charge on any atom is 0.244 e. The molecule has 0 radical (unpaired) electrons. The molecule has 0 amide bonds. The summed E-state index contributed by atoms with van der Waals surface area (Å²) >= 11 is 1.50. The van der Waals surface area contributed by atoms with Crippen LogP contribution in [0.5, 0.6) is 0 Å². The maximum atomic E-state index is 12.9. The molecule has 2 N–H and O–H groups in total. The largest absolute Gasteiger partial charge is 0.326 e. The standard InChI is InChI=1S/C14H22N2O2S2/c1-10-14(8-12(9-15)19-10)20(17,18)16-7-6-11-4-2-3-5-13(11)16/h8,11,13H,2-7,9,15H2,1H3. The fraction of sp³-hybridized carbons (Fsp3) is 0.714. The van der Waals surface area contributed by atoms with Crippen molar-refractivity contribution in [2.24, 2.45) is 11.7 Å². The summed E-state index contributed by atoms with van der Waals surface area (Å²) in [4.78, 5) is 2.29. The number of thiophene rings is 1. The predicted octanol–water partition coefficient (Wildman–Crippen LogP) is 2.47. The Kier molecular flexibility index (Phi) is 3.92. The molecule has 0 aromatic carbocycles. The van der Waals surface area contributed by atoms with Crippen LogP contribution in [0.25, 0.3) is 0 Å². The highest BCUT2D eigenvalue weighted by molar-refractivity contribution is 7.89. The first-order chi connectivity index (χ1) is 9.54. The normalized spacial score (nSPS) is 27.7. The molecule has 1 saturated heterocycles. The van der Waals surface area contributed by atoms with Crippen molar-refractivity contribution in [3.05, 3.63) is 15.8 Å². The van der Waals surface area contributed by atoms with E-state index in [-0.39, 0.29) is 6.04 Å². The van der Waals surface area contributed by atoms with Crippen LogP contribution in [-0.4, -0.2) is 25.3 Å². The summed E-state index contributed by atoms with van der Waals surface area (Å²) in [6, 6.07) is 2.00. The lowest BCUT2D eigenvalue weighted by Gasteiger charge is -2.30. The van der Waals surface area contributed by atoms with E-state index in [1.807, 2.05) is 6.92 Å². The van der Waals surface area contributed by atoms with E-state index in [4.69, 9.17) is 5.73 Å². The molecule has 4 nitrogen and oxygen atoms in total. The molecule has 0 spiro atoms. The Bertz CT molecular complexity index is 594. The molecule has 2 fully saturated rings. The van der Waals surface area contributed by atoms with E-state index in [0.717, 1.165) is 29.0 Å². The minimum absolute atomic E-state index is 0.231. The average Bonchev–Trinajstić information content (AvgIpc) is 3.02. The van der Waals surface area contributed by atoms with Crippen molar-refractivity contribution in [3.63, 3.8) is 0 Å². The highest BCUT2D eigenvalue weighted by Gasteiger charge is 2.42. The third kappa shape index (κ3) is 2.32. The van der Waals surface area contributed by atoms with Crippen LogP contribution >= 0.6 is 11.3 Å². The van der Waals surface area contributed by atoms with E-state index < -0.39 is 10.0 Å². The van der Waals surface area contributed by atoms with Crippen molar-refractivity contribution < 1.29 is 8.42 Å². The number of sulfonamides is 1. The van der Waals surface area contributed by atoms with Gasteiger partial charge in [-0.25, -0.2) is 8.42 Å². The van der Waals surface area contributed by atoms with Crippen molar-refractivity contribution in [2.75, 3.05) is 6.54 Å². The maximum absolute atomic E-state index is 12.9. The van der Waals surface area contributed by atoms with E-state index in [9.17, 15) is 8.42 Å². The Morgan fingerprint density at radius 3 is 2.80 bits per heavy atom. The topological polar surface area (TPSA) is 63.4 Å². The molecule has 20 heavy (non-hydrogen) atoms. The molecular formula is C14H22N2O2S2. The van der Waals surface area contributed by atoms with Crippen molar-refractivity contribution >= 4 is 21.4 Å². The lowest BCUT2D eigenvalue weighted by atomic mass is 9.86. The molecular weight excluding hydrogens is 292 g/mol. The second kappa shape index (κ2) is 5.40. The molecule has 1 aromatic rings. The Balaban J connectivity index is 1.93. The first-order valence-corrected chi connectivity index (χ1v) is 9.61. The van der Waals surface area contributed by atoms with E-state index in [1.165, 1.54) is 24.2 Å². The molecule has 2 atom stereocenters. The van der Waals surface area contributed by atoms with E-state index in [0.29, 0.717) is 23.9 Å². The van der Waals surface area contributed by atoms with Gasteiger partial charge >= 0.3 is 0 Å². The Morgan fingerprint density at radius 1 is 1.35 bits per heavy atom. The number of aryl methyl sites for hydroxylation is 1. The Hall–Kier alpha value is -0.430. The summed E-state index contributed by atoms with van der Waals surface area (Å²) < 4.78 is 27.6. The first-order valence-electron chi connectivity index (χ1n) is 7.35. The van der Waals surface area contributed by atoms with Gasteiger partial charge in [0.15, 0.2) is 0 Å². The molecule has 1 aromatic heterocycles. The van der Waals surface area contributed by atoms with Crippen LogP contribution in [0.1, 0.15) is 41.9 Å². The lowest BCUT2D eigenvalue weighted by molar-refractivity contribution is 0.260. The van der Waals surface area contributed by atoms with E-state index in [1.54, 1.807) is 10.4 Å². The van der Waals surface area contributed by atoms with Crippen LogP contribution in [0, 0.1) is 12.8 Å². The predicted molar refractivity (Wildman–Crippen MR) is 81.2 cm³/mol. The van der Waals surface area contributed by atoms with Crippen LogP contribution in [-0.2, 0) is 16.6 Å². The number of hydrogen-bond donors (Lipinski definition) is 1. The SMILES string of the molecule is Cc1sc(CN)cc1S(=O)(=O)N1CCC2CCCCC21. The van der Waals surface area contributed by atoms with Gasteiger partial charge in [0, 0.05) is 28.9 Å². The van der Waals surface area contributed by atoms with Crippen LogP contribution in [0.4, 0.5) is 0 Å². The highest BCUT2D eigenvalue weighted by atomic mass is 32.2. The molecule has 3 rings (SSSR count). The monoisotopic (exact) mass is 314 g/mol. The quantitative estimate of drug-likeness (QED) is 0.932. The molecule has 112 valence electrons. The third-order valence-corrected chi connectivity index (χ3v) is 7.92. The minimum Gasteiger partial charge on any atom is -0.326 e. The third-order valence-electron chi connectivity index (χ3n) is 4.67. The van der Waals surface area contributed by atoms with Gasteiger partial charge in [0.1, 0.15) is 0 Å². The zero-order valence-electron chi connectivity index (χ0n) is 11.8. The second-order valence-corrected chi connectivity index (χ2v) is 9.05. The number of nitrogens with two attached hydrogens (primary N) is 1. The summed E-state index contributed by atoms with van der Waals surface area (Å²) in [5.41, 5.74) is 5.64. The van der Waals surface area contributed by atoms with E-state index in [2.05, 4.69) is 0 Å². The van der Waals surface area contributed by atoms with Gasteiger partial charge in [0.05, 0.1) is 4.90 Å². The van der Waals surface area contributed by atoms with Gasteiger partial charge in [-0.3, -0.25) is 0 Å². The minimum atomic E-state index is -3.34. The van der Waals surface area contributed by atoms with Gasteiger partial charge < -0.3 is 5.73 Å². The van der Waals surface area contributed by atoms with Crippen molar-refractivity contribution in [1.29, 1.82) is 0 Å². The van der Waals surface area contributed by atoms with Gasteiger partial charge in [0.2, 0.25) is 10.0 Å². The molecule has 6 heteroatoms. The Morgan fingerprint density at radius 2 is 2.10 bits per heavy atom. The van der Waals surface area contributed by atoms with Crippen LogP contribution in [0.15, 0.2) is 11.0 Å². The Labute approximate surface area is 125 Å². The van der Waals surface area contributed by atoms with Gasteiger partial charge in [-0.15, -0.1) is 11.3 Å². The summed E-state index contributed by atoms with van der Waals surface area (Å²) in [6.45, 7) is 2.98. The van der Waals surface area contributed by atoms with Crippen LogP contribution in [0.3, 0.4) is 0 Å². The molecule has 2 unspecified atom stereocenters. The molecule has 1 aliphatic heterocycles. The number of fused-ring (bicyclic) bond motifs is 1. The van der Waals surface area contributed by atoms with Gasteiger partial charge in [0.25, 0.3) is 0 Å². The fourth-order valence-electron chi connectivity index (χ4n) is 3.67. The zero-order valence-corrected chi connectivity index (χ0v) is 13.5. The van der Waals surface area contributed by atoms with E-state index >= 15 is 0 Å².